The summed E-state index contributed by atoms with van der Waals surface area (Å²) in [7, 11) is 0. The van der Waals surface area contributed by atoms with Crippen LogP contribution < -0.4 is 5.32 Å². The number of aliphatic carboxylic acids is 1. The number of nitrogens with one attached hydrogen (secondary N) is 1. The van der Waals surface area contributed by atoms with Gasteiger partial charge in [0.2, 0.25) is 0 Å². The van der Waals surface area contributed by atoms with E-state index in [-0.39, 0.29) is 12.5 Å². The Morgan fingerprint density at radius 2 is 2.40 bits per heavy atom. The number of carboxylic acids is 1. The van der Waals surface area contributed by atoms with Crippen LogP contribution in [0, 0.1) is 11.3 Å². The van der Waals surface area contributed by atoms with Gasteiger partial charge in [0, 0.05) is 25.9 Å². The molecule has 1 unspecified atom stereocenters. The van der Waals surface area contributed by atoms with Crippen LogP contribution in [0.3, 0.4) is 0 Å². The number of nitriles is 1. The van der Waals surface area contributed by atoms with Crippen LogP contribution in [0.4, 0.5) is 0 Å². The van der Waals surface area contributed by atoms with E-state index in [1.54, 1.807) is 6.92 Å². The molecule has 15 heavy (non-hydrogen) atoms. The van der Waals surface area contributed by atoms with Crippen LogP contribution in [0.15, 0.2) is 0 Å². The maximum absolute atomic E-state index is 9.37. The van der Waals surface area contributed by atoms with Gasteiger partial charge in [-0.05, 0) is 6.42 Å². The highest BCUT2D eigenvalue weighted by Gasteiger charge is 2.11. The standard InChI is InChI=1S/C7H12N2O.C3H6O2/c8-3-1-2-7-6-9-4-5-10-7;1-2-3(4)5/h7,9H,1-2,4-6H2;2H2,1H3,(H,4,5). The molecule has 0 spiro atoms. The lowest BCUT2D eigenvalue weighted by Crippen LogP contribution is -2.38. The smallest absolute Gasteiger partial charge is 0.303 e. The lowest BCUT2D eigenvalue weighted by Gasteiger charge is -2.22. The van der Waals surface area contributed by atoms with Crippen molar-refractivity contribution < 1.29 is 14.6 Å². The van der Waals surface area contributed by atoms with E-state index >= 15 is 0 Å². The van der Waals surface area contributed by atoms with E-state index < -0.39 is 5.97 Å². The van der Waals surface area contributed by atoms with Crippen molar-refractivity contribution >= 4 is 5.97 Å². The van der Waals surface area contributed by atoms with Gasteiger partial charge in [0.05, 0.1) is 18.8 Å². The van der Waals surface area contributed by atoms with E-state index in [0.717, 1.165) is 26.1 Å². The van der Waals surface area contributed by atoms with Crippen LogP contribution >= 0.6 is 0 Å². The number of morpholine rings is 1. The van der Waals surface area contributed by atoms with Gasteiger partial charge in [0.1, 0.15) is 0 Å². The molecule has 5 heteroatoms. The highest BCUT2D eigenvalue weighted by atomic mass is 16.5. The monoisotopic (exact) mass is 214 g/mol. The van der Waals surface area contributed by atoms with Gasteiger partial charge in [-0.1, -0.05) is 6.92 Å². The maximum atomic E-state index is 9.37. The van der Waals surface area contributed by atoms with Crippen LogP contribution in [0.25, 0.3) is 0 Å². The quantitative estimate of drug-likeness (QED) is 0.724. The van der Waals surface area contributed by atoms with E-state index in [4.69, 9.17) is 15.1 Å². The largest absolute Gasteiger partial charge is 0.481 e. The number of ether oxygens (including phenoxy) is 1. The SMILES string of the molecule is CCC(=O)O.N#CCCC1CNCCO1. The normalized spacial score (nSPS) is 19.6. The first-order valence-corrected chi connectivity index (χ1v) is 5.11. The molecule has 1 aliphatic heterocycles. The Morgan fingerprint density at radius 1 is 1.73 bits per heavy atom. The van der Waals surface area contributed by atoms with E-state index in [1.165, 1.54) is 0 Å². The van der Waals surface area contributed by atoms with Crippen LogP contribution in [-0.4, -0.2) is 36.9 Å². The molecule has 0 bridgehead atoms. The zero-order valence-corrected chi connectivity index (χ0v) is 9.03. The first-order valence-electron chi connectivity index (χ1n) is 5.11. The molecule has 0 amide bonds. The summed E-state index contributed by atoms with van der Waals surface area (Å²) in [6.45, 7) is 4.24. The van der Waals surface area contributed by atoms with Crippen molar-refractivity contribution in [3.8, 4) is 6.07 Å². The molecule has 0 radical (unpaired) electrons. The molecule has 1 heterocycles. The number of carboxylic acid groups (broad SMARTS) is 1. The molecule has 0 aromatic rings. The van der Waals surface area contributed by atoms with Crippen LogP contribution in [-0.2, 0) is 9.53 Å². The Labute approximate surface area is 90.0 Å². The summed E-state index contributed by atoms with van der Waals surface area (Å²) in [4.78, 5) is 9.37. The number of carbonyl (C=O) groups is 1. The van der Waals surface area contributed by atoms with E-state index in [0.29, 0.717) is 6.42 Å². The maximum Gasteiger partial charge on any atom is 0.303 e. The average molecular weight is 214 g/mol. The minimum absolute atomic E-state index is 0.222. The molecule has 1 atom stereocenters. The fourth-order valence-corrected chi connectivity index (χ4v) is 1.03. The highest BCUT2D eigenvalue weighted by molar-refractivity contribution is 5.66. The summed E-state index contributed by atoms with van der Waals surface area (Å²) in [5.41, 5.74) is 0. The third kappa shape index (κ3) is 9.19. The Balaban J connectivity index is 0.000000336. The molecular weight excluding hydrogens is 196 g/mol. The molecule has 86 valence electrons. The van der Waals surface area contributed by atoms with Crippen LogP contribution in [0.1, 0.15) is 26.2 Å². The Morgan fingerprint density at radius 3 is 2.80 bits per heavy atom. The summed E-state index contributed by atoms with van der Waals surface area (Å²) >= 11 is 0. The Bertz CT molecular complexity index is 207. The minimum Gasteiger partial charge on any atom is -0.481 e. The van der Waals surface area contributed by atoms with Gasteiger partial charge in [-0.15, -0.1) is 0 Å². The molecule has 0 aromatic heterocycles. The predicted molar refractivity (Wildman–Crippen MR) is 55.4 cm³/mol. The number of hydrogen-bond donors (Lipinski definition) is 2. The molecule has 5 nitrogen and oxygen atoms in total. The second-order valence-corrected chi connectivity index (χ2v) is 3.14. The fourth-order valence-electron chi connectivity index (χ4n) is 1.03. The van der Waals surface area contributed by atoms with E-state index in [9.17, 15) is 4.79 Å². The average Bonchev–Trinajstić information content (AvgIpc) is 2.28. The highest BCUT2D eigenvalue weighted by Crippen LogP contribution is 2.02. The molecule has 1 rings (SSSR count). The molecule has 1 aliphatic rings. The van der Waals surface area contributed by atoms with Gasteiger partial charge in [-0.3, -0.25) is 4.79 Å². The van der Waals surface area contributed by atoms with Crippen molar-refractivity contribution in [3.63, 3.8) is 0 Å². The molecule has 0 aromatic carbocycles. The number of rotatable bonds is 3. The molecular formula is C10H18N2O3. The molecule has 0 aliphatic carbocycles. The Kier molecular flexibility index (Phi) is 8.73. The van der Waals surface area contributed by atoms with Crippen molar-refractivity contribution in [2.24, 2.45) is 0 Å². The second-order valence-electron chi connectivity index (χ2n) is 3.14. The summed E-state index contributed by atoms with van der Waals surface area (Å²) in [6, 6.07) is 2.11. The lowest BCUT2D eigenvalue weighted by molar-refractivity contribution is -0.136. The second kappa shape index (κ2) is 9.44. The van der Waals surface area contributed by atoms with Gasteiger partial charge < -0.3 is 15.2 Å². The molecule has 2 N–H and O–H groups in total. The molecule has 0 saturated carbocycles. The van der Waals surface area contributed by atoms with Crippen LogP contribution in [0.5, 0.6) is 0 Å². The van der Waals surface area contributed by atoms with Crippen LogP contribution in [0.2, 0.25) is 0 Å². The molecule has 1 fully saturated rings. The van der Waals surface area contributed by atoms with Gasteiger partial charge >= 0.3 is 5.97 Å². The summed E-state index contributed by atoms with van der Waals surface area (Å²) in [6.07, 6.45) is 1.96. The van der Waals surface area contributed by atoms with Crippen molar-refractivity contribution in [3.05, 3.63) is 0 Å². The lowest BCUT2D eigenvalue weighted by atomic mass is 10.2. The predicted octanol–water partition coefficient (Wildman–Crippen LogP) is 0.760. The molecule has 1 saturated heterocycles. The fraction of sp³-hybridized carbons (Fsp3) is 0.800. The van der Waals surface area contributed by atoms with Crippen molar-refractivity contribution in [2.45, 2.75) is 32.3 Å². The van der Waals surface area contributed by atoms with Crippen molar-refractivity contribution in [1.82, 2.24) is 5.32 Å². The first kappa shape index (κ1) is 13.9. The van der Waals surface area contributed by atoms with E-state index in [1.807, 2.05) is 0 Å². The van der Waals surface area contributed by atoms with Gasteiger partial charge in [0.25, 0.3) is 0 Å². The zero-order chi connectivity index (χ0) is 11.5. The van der Waals surface area contributed by atoms with Gasteiger partial charge in [0.15, 0.2) is 0 Å². The number of hydrogen-bond acceptors (Lipinski definition) is 4. The number of nitrogens with zero attached hydrogens (tertiary/aromatic N) is 1. The third-order valence-electron chi connectivity index (χ3n) is 1.88. The first-order chi connectivity index (χ1) is 7.20. The van der Waals surface area contributed by atoms with Crippen molar-refractivity contribution in [1.29, 1.82) is 5.26 Å². The topological polar surface area (TPSA) is 82.3 Å². The zero-order valence-electron chi connectivity index (χ0n) is 9.03. The van der Waals surface area contributed by atoms with E-state index in [2.05, 4.69) is 11.4 Å². The summed E-state index contributed by atoms with van der Waals surface area (Å²) in [5.74, 6) is -0.745. The van der Waals surface area contributed by atoms with Gasteiger partial charge in [-0.2, -0.15) is 5.26 Å². The third-order valence-corrected chi connectivity index (χ3v) is 1.88. The Hall–Kier alpha value is -1.12. The minimum atomic E-state index is -0.745. The van der Waals surface area contributed by atoms with Crippen molar-refractivity contribution in [2.75, 3.05) is 19.7 Å². The summed E-state index contributed by atoms with van der Waals surface area (Å²) < 4.78 is 5.37. The van der Waals surface area contributed by atoms with Gasteiger partial charge in [-0.25, -0.2) is 0 Å². The summed E-state index contributed by atoms with van der Waals surface area (Å²) in [5, 5.41) is 19.2.